The van der Waals surface area contributed by atoms with E-state index in [1.54, 1.807) is 18.2 Å². The number of rotatable bonds is 3. The predicted molar refractivity (Wildman–Crippen MR) is 74.9 cm³/mol. The van der Waals surface area contributed by atoms with E-state index in [0.717, 1.165) is 3.57 Å². The van der Waals surface area contributed by atoms with Gasteiger partial charge in [0, 0.05) is 14.2 Å². The number of hydrogen-bond acceptors (Lipinski definition) is 1. The van der Waals surface area contributed by atoms with Crippen LogP contribution in [0, 0.1) is 15.2 Å². The van der Waals surface area contributed by atoms with Gasteiger partial charge in [-0.3, -0.25) is 0 Å². The fourth-order valence-corrected chi connectivity index (χ4v) is 2.00. The molecule has 2 rings (SSSR count). The first-order chi connectivity index (χ1) is 8.56. The fraction of sp³-hybridized carbons (Fsp3) is 0.0769. The van der Waals surface area contributed by atoms with Crippen molar-refractivity contribution >= 4 is 34.2 Å². The first kappa shape index (κ1) is 13.5. The molecular weight excluding hydrogens is 372 g/mol. The van der Waals surface area contributed by atoms with E-state index in [4.69, 9.17) is 16.3 Å². The van der Waals surface area contributed by atoms with E-state index >= 15 is 0 Å². The van der Waals surface area contributed by atoms with Crippen molar-refractivity contribution in [3.63, 3.8) is 0 Å². The second-order valence-corrected chi connectivity index (χ2v) is 5.28. The highest BCUT2D eigenvalue weighted by molar-refractivity contribution is 14.1. The third-order valence-corrected chi connectivity index (χ3v) is 3.20. The summed E-state index contributed by atoms with van der Waals surface area (Å²) >= 11 is 7.69. The average Bonchev–Trinajstić information content (AvgIpc) is 2.32. The van der Waals surface area contributed by atoms with Gasteiger partial charge >= 0.3 is 0 Å². The van der Waals surface area contributed by atoms with Crippen molar-refractivity contribution in [1.82, 2.24) is 0 Å². The summed E-state index contributed by atoms with van der Waals surface area (Å²) in [6.07, 6.45) is 0. The van der Waals surface area contributed by atoms with Crippen LogP contribution >= 0.6 is 34.2 Å². The lowest BCUT2D eigenvalue weighted by Crippen LogP contribution is -2.00. The summed E-state index contributed by atoms with van der Waals surface area (Å²) in [5.74, 6) is -0.824. The van der Waals surface area contributed by atoms with Crippen molar-refractivity contribution in [3.8, 4) is 5.75 Å². The Hall–Kier alpha value is -0.880. The van der Waals surface area contributed by atoms with Crippen molar-refractivity contribution < 1.29 is 13.5 Å². The van der Waals surface area contributed by atoms with Gasteiger partial charge in [-0.05, 0) is 52.9 Å². The van der Waals surface area contributed by atoms with Crippen LogP contribution in [0.1, 0.15) is 5.56 Å². The number of benzene rings is 2. The van der Waals surface area contributed by atoms with Gasteiger partial charge < -0.3 is 4.74 Å². The normalized spacial score (nSPS) is 10.4. The molecule has 1 nitrogen and oxygen atoms in total. The molecule has 0 saturated carbocycles. The first-order valence-corrected chi connectivity index (χ1v) is 6.54. The van der Waals surface area contributed by atoms with E-state index in [2.05, 4.69) is 0 Å². The molecule has 0 atom stereocenters. The molecule has 0 amide bonds. The minimum absolute atomic E-state index is 0.0417. The van der Waals surface area contributed by atoms with E-state index in [-0.39, 0.29) is 12.4 Å². The standard InChI is InChI=1S/C13H8ClF2IO/c14-9-2-1-8(12(16)5-9)7-18-13-6-10(17)3-4-11(13)15/h1-6H,7H2. The molecule has 0 aliphatic heterocycles. The van der Waals surface area contributed by atoms with Gasteiger partial charge in [-0.2, -0.15) is 0 Å². The maximum absolute atomic E-state index is 13.5. The molecule has 0 fully saturated rings. The molecule has 0 aromatic heterocycles. The van der Waals surface area contributed by atoms with Crippen LogP contribution in [-0.4, -0.2) is 0 Å². The lowest BCUT2D eigenvalue weighted by molar-refractivity contribution is 0.284. The Morgan fingerprint density at radius 2 is 1.83 bits per heavy atom. The minimum atomic E-state index is -0.468. The fourth-order valence-electron chi connectivity index (χ4n) is 1.38. The topological polar surface area (TPSA) is 9.23 Å². The van der Waals surface area contributed by atoms with Gasteiger partial charge in [-0.15, -0.1) is 0 Å². The van der Waals surface area contributed by atoms with Crippen molar-refractivity contribution in [3.05, 3.63) is 62.2 Å². The molecule has 94 valence electrons. The average molecular weight is 381 g/mol. The molecule has 0 bridgehead atoms. The summed E-state index contributed by atoms with van der Waals surface area (Å²) in [5.41, 5.74) is 0.331. The lowest BCUT2D eigenvalue weighted by atomic mass is 10.2. The van der Waals surface area contributed by atoms with E-state index in [1.807, 2.05) is 22.6 Å². The van der Waals surface area contributed by atoms with Crippen molar-refractivity contribution in [1.29, 1.82) is 0 Å². The highest BCUT2D eigenvalue weighted by atomic mass is 127. The second-order valence-electron chi connectivity index (χ2n) is 3.60. The van der Waals surface area contributed by atoms with Crippen LogP contribution in [-0.2, 0) is 6.61 Å². The summed E-state index contributed by atoms with van der Waals surface area (Å²) in [6, 6.07) is 8.79. The van der Waals surface area contributed by atoms with Gasteiger partial charge in [0.15, 0.2) is 11.6 Å². The first-order valence-electron chi connectivity index (χ1n) is 5.08. The van der Waals surface area contributed by atoms with Gasteiger partial charge in [-0.1, -0.05) is 17.7 Å². The zero-order valence-electron chi connectivity index (χ0n) is 9.09. The Bertz CT molecular complexity index is 575. The van der Waals surface area contributed by atoms with Gasteiger partial charge in [0.2, 0.25) is 0 Å². The van der Waals surface area contributed by atoms with Crippen LogP contribution in [0.25, 0.3) is 0 Å². The molecule has 0 heterocycles. The Morgan fingerprint density at radius 3 is 2.56 bits per heavy atom. The van der Waals surface area contributed by atoms with Crippen LogP contribution in [0.3, 0.4) is 0 Å². The summed E-state index contributed by atoms with van der Waals surface area (Å²) < 4.78 is 33.0. The monoisotopic (exact) mass is 380 g/mol. The Balaban J connectivity index is 2.13. The van der Waals surface area contributed by atoms with Gasteiger partial charge in [0.1, 0.15) is 12.4 Å². The summed E-state index contributed by atoms with van der Waals surface area (Å²) in [7, 11) is 0. The zero-order valence-corrected chi connectivity index (χ0v) is 12.0. The van der Waals surface area contributed by atoms with Crippen LogP contribution < -0.4 is 4.74 Å². The maximum atomic E-state index is 13.5. The molecular formula is C13H8ClF2IO. The third kappa shape index (κ3) is 3.32. The molecule has 0 radical (unpaired) electrons. The van der Waals surface area contributed by atoms with E-state index in [0.29, 0.717) is 10.6 Å². The SMILES string of the molecule is Fc1cc(Cl)ccc1COc1cc(I)ccc1F. The minimum Gasteiger partial charge on any atom is -0.486 e. The number of halogens is 4. The molecule has 2 aromatic carbocycles. The maximum Gasteiger partial charge on any atom is 0.165 e. The lowest BCUT2D eigenvalue weighted by Gasteiger charge is -2.08. The van der Waals surface area contributed by atoms with Crippen molar-refractivity contribution in [2.45, 2.75) is 6.61 Å². The summed E-state index contributed by atoms with van der Waals surface area (Å²) in [4.78, 5) is 0. The predicted octanol–water partition coefficient (Wildman–Crippen LogP) is 4.80. The van der Waals surface area contributed by atoms with E-state index in [1.165, 1.54) is 18.2 Å². The van der Waals surface area contributed by atoms with Crippen LogP contribution in [0.15, 0.2) is 36.4 Å². The molecule has 0 spiro atoms. The molecule has 18 heavy (non-hydrogen) atoms. The third-order valence-electron chi connectivity index (χ3n) is 2.29. The van der Waals surface area contributed by atoms with Gasteiger partial charge in [0.05, 0.1) is 0 Å². The molecule has 0 aliphatic rings. The smallest absolute Gasteiger partial charge is 0.165 e. The van der Waals surface area contributed by atoms with Gasteiger partial charge in [0.25, 0.3) is 0 Å². The van der Waals surface area contributed by atoms with Gasteiger partial charge in [-0.25, -0.2) is 8.78 Å². The zero-order chi connectivity index (χ0) is 13.1. The molecule has 0 N–H and O–H groups in total. The summed E-state index contributed by atoms with van der Waals surface area (Å²) in [6.45, 7) is -0.0417. The molecule has 5 heteroatoms. The molecule has 2 aromatic rings. The van der Waals surface area contributed by atoms with Crippen LogP contribution in [0.5, 0.6) is 5.75 Å². The largest absolute Gasteiger partial charge is 0.486 e. The highest BCUT2D eigenvalue weighted by Crippen LogP contribution is 2.22. The molecule has 0 aliphatic carbocycles. The van der Waals surface area contributed by atoms with Crippen LogP contribution in [0.2, 0.25) is 5.02 Å². The quantitative estimate of drug-likeness (QED) is 0.695. The van der Waals surface area contributed by atoms with Crippen molar-refractivity contribution in [2.24, 2.45) is 0 Å². The van der Waals surface area contributed by atoms with Crippen LogP contribution in [0.4, 0.5) is 8.78 Å². The molecule has 0 unspecified atom stereocenters. The summed E-state index contributed by atoms with van der Waals surface area (Å²) in [5, 5.41) is 0.316. The Kier molecular flexibility index (Phi) is 4.40. The molecule has 0 saturated heterocycles. The highest BCUT2D eigenvalue weighted by Gasteiger charge is 2.07. The van der Waals surface area contributed by atoms with E-state index < -0.39 is 11.6 Å². The number of ether oxygens (including phenoxy) is 1. The number of hydrogen-bond donors (Lipinski definition) is 0. The van der Waals surface area contributed by atoms with Crippen molar-refractivity contribution in [2.75, 3.05) is 0 Å². The second kappa shape index (κ2) is 5.84. The Morgan fingerprint density at radius 1 is 1.06 bits per heavy atom. The van der Waals surface area contributed by atoms with E-state index in [9.17, 15) is 8.78 Å². The Labute approximate surface area is 122 Å².